The fourth-order valence-corrected chi connectivity index (χ4v) is 4.71. The van der Waals surface area contributed by atoms with E-state index in [1.165, 1.54) is 18.7 Å². The van der Waals surface area contributed by atoms with E-state index < -0.39 is 22.3 Å². The molecule has 9 nitrogen and oxygen atoms in total. The molecule has 0 bridgehead atoms. The number of nitrogen functional groups attached to an aromatic ring is 1. The molecule has 2 aromatic heterocycles. The number of nitrogens with zero attached hydrogens (tertiary/aromatic N) is 4. The van der Waals surface area contributed by atoms with Crippen LogP contribution >= 0.6 is 23.4 Å². The molecule has 174 valence electrons. The highest BCUT2D eigenvalue weighted by molar-refractivity contribution is 8.00. The summed E-state index contributed by atoms with van der Waals surface area (Å²) < 4.78 is 3.25. The van der Waals surface area contributed by atoms with Crippen LogP contribution in [0.2, 0.25) is 5.02 Å². The minimum atomic E-state index is -0.856. The summed E-state index contributed by atoms with van der Waals surface area (Å²) in [6.07, 6.45) is 0. The molecule has 2 heterocycles. The van der Waals surface area contributed by atoms with Crippen molar-refractivity contribution in [3.05, 3.63) is 90.3 Å². The van der Waals surface area contributed by atoms with Gasteiger partial charge in [0.15, 0.2) is 10.9 Å². The monoisotopic (exact) mass is 497 g/mol. The summed E-state index contributed by atoms with van der Waals surface area (Å²) >= 11 is 7.16. The molecule has 4 aromatic rings. The molecule has 0 amide bonds. The number of benzene rings is 2. The van der Waals surface area contributed by atoms with Crippen LogP contribution in [0.15, 0.2) is 68.1 Å². The van der Waals surface area contributed by atoms with Gasteiger partial charge >= 0.3 is 5.69 Å². The van der Waals surface area contributed by atoms with Gasteiger partial charge in [0.05, 0.1) is 21.8 Å². The van der Waals surface area contributed by atoms with Gasteiger partial charge in [-0.25, -0.2) is 9.78 Å². The van der Waals surface area contributed by atoms with Gasteiger partial charge < -0.3 is 5.73 Å². The first-order valence-electron chi connectivity index (χ1n) is 10.2. The van der Waals surface area contributed by atoms with Gasteiger partial charge in [0.25, 0.3) is 11.1 Å². The summed E-state index contributed by atoms with van der Waals surface area (Å²) in [5.74, 6) is -0.803. The molecule has 4 rings (SSSR count). The van der Waals surface area contributed by atoms with E-state index in [4.69, 9.17) is 17.3 Å². The molecule has 0 aliphatic heterocycles. The van der Waals surface area contributed by atoms with Crippen molar-refractivity contribution < 1.29 is 4.79 Å². The van der Waals surface area contributed by atoms with Gasteiger partial charge in [-0.15, -0.1) is 0 Å². The third-order valence-corrected chi connectivity index (χ3v) is 6.71. The summed E-state index contributed by atoms with van der Waals surface area (Å²) in [7, 11) is 2.66. The Balaban J connectivity index is 1.86. The topological polar surface area (TPSA) is 122 Å². The number of hydrogen-bond donors (Lipinski definition) is 1. The summed E-state index contributed by atoms with van der Waals surface area (Å²) in [5.41, 5.74) is 4.87. The van der Waals surface area contributed by atoms with Crippen LogP contribution in [-0.4, -0.2) is 29.7 Å². The number of anilines is 1. The van der Waals surface area contributed by atoms with Gasteiger partial charge in [-0.2, -0.15) is 0 Å². The highest BCUT2D eigenvalue weighted by atomic mass is 35.5. The molecule has 0 saturated carbocycles. The van der Waals surface area contributed by atoms with Crippen LogP contribution in [0.4, 0.5) is 5.82 Å². The molecule has 1 unspecified atom stereocenters. The number of nitrogens with two attached hydrogens (primary N) is 1. The third-order valence-electron chi connectivity index (χ3n) is 5.42. The molecule has 34 heavy (non-hydrogen) atoms. The predicted molar refractivity (Wildman–Crippen MR) is 133 cm³/mol. The molecular weight excluding hydrogens is 478 g/mol. The largest absolute Gasteiger partial charge is 0.384 e. The van der Waals surface area contributed by atoms with Crippen molar-refractivity contribution in [3.63, 3.8) is 0 Å². The van der Waals surface area contributed by atoms with Crippen molar-refractivity contribution in [1.82, 2.24) is 18.7 Å². The second kappa shape index (κ2) is 8.96. The maximum absolute atomic E-state index is 13.4. The lowest BCUT2D eigenvalue weighted by molar-refractivity contribution is 0.0992. The number of carbonyl (C=O) groups excluding carboxylic acids is 1. The van der Waals surface area contributed by atoms with Gasteiger partial charge in [0, 0.05) is 19.1 Å². The smallest absolute Gasteiger partial charge is 0.332 e. The first-order chi connectivity index (χ1) is 16.1. The van der Waals surface area contributed by atoms with Crippen molar-refractivity contribution in [3.8, 4) is 5.69 Å². The molecule has 0 saturated heterocycles. The summed E-state index contributed by atoms with van der Waals surface area (Å²) in [5, 5.41) is 0.221. The maximum atomic E-state index is 13.4. The molecule has 0 aliphatic rings. The minimum absolute atomic E-state index is 0.218. The number of rotatable bonds is 5. The van der Waals surface area contributed by atoms with E-state index in [-0.39, 0.29) is 22.1 Å². The predicted octanol–water partition coefficient (Wildman–Crippen LogP) is 2.38. The molecule has 0 spiro atoms. The molecule has 0 radical (unpaired) electrons. The Morgan fingerprint density at radius 3 is 2.44 bits per heavy atom. The van der Waals surface area contributed by atoms with Crippen molar-refractivity contribution in [1.29, 1.82) is 0 Å². The Bertz CT molecular complexity index is 1640. The van der Waals surface area contributed by atoms with Crippen molar-refractivity contribution in [2.24, 2.45) is 14.1 Å². The van der Waals surface area contributed by atoms with Crippen LogP contribution in [0.25, 0.3) is 16.6 Å². The zero-order chi connectivity index (χ0) is 24.7. The number of carbonyl (C=O) groups is 1. The average molecular weight is 498 g/mol. The van der Waals surface area contributed by atoms with Gasteiger partial charge in [-0.05, 0) is 37.3 Å². The molecule has 1 atom stereocenters. The quantitative estimate of drug-likeness (QED) is 0.255. The normalized spacial score (nSPS) is 12.1. The Morgan fingerprint density at radius 1 is 1.03 bits per heavy atom. The number of halogens is 1. The molecular formula is C23H20ClN5O4S. The molecule has 2 aromatic carbocycles. The molecule has 0 aliphatic carbocycles. The summed E-state index contributed by atoms with van der Waals surface area (Å²) in [6, 6.07) is 13.6. The number of aromatic nitrogens is 4. The van der Waals surface area contributed by atoms with Gasteiger partial charge in [-0.3, -0.25) is 28.1 Å². The highest BCUT2D eigenvalue weighted by Gasteiger charge is 2.27. The Kier molecular flexibility index (Phi) is 6.20. The number of fused-ring (bicyclic) bond motifs is 1. The second-order valence-electron chi connectivity index (χ2n) is 7.62. The van der Waals surface area contributed by atoms with Crippen molar-refractivity contribution in [2.75, 3.05) is 5.73 Å². The lowest BCUT2D eigenvalue weighted by Crippen LogP contribution is -2.42. The van der Waals surface area contributed by atoms with E-state index in [2.05, 4.69) is 4.98 Å². The number of para-hydroxylation sites is 1. The zero-order valence-electron chi connectivity index (χ0n) is 18.5. The maximum Gasteiger partial charge on any atom is 0.332 e. The second-order valence-corrected chi connectivity index (χ2v) is 9.37. The Hall–Kier alpha value is -3.63. The first-order valence-corrected chi connectivity index (χ1v) is 11.4. The zero-order valence-corrected chi connectivity index (χ0v) is 20.1. The van der Waals surface area contributed by atoms with E-state index in [1.807, 2.05) is 0 Å². The number of hydrogen-bond acceptors (Lipinski definition) is 7. The van der Waals surface area contributed by atoms with Crippen LogP contribution in [0.1, 0.15) is 17.3 Å². The van der Waals surface area contributed by atoms with Crippen LogP contribution in [-0.2, 0) is 14.1 Å². The SMILES string of the molecule is CC(Sc1nc2ccccc2c(=O)n1-c1cccc(Cl)c1)C(=O)c1c(N)n(C)c(=O)n(C)c1=O. The van der Waals surface area contributed by atoms with E-state index in [0.717, 1.165) is 20.9 Å². The summed E-state index contributed by atoms with van der Waals surface area (Å²) in [4.78, 5) is 56.1. The van der Waals surface area contributed by atoms with Crippen LogP contribution in [0.3, 0.4) is 0 Å². The molecule has 2 N–H and O–H groups in total. The fourth-order valence-electron chi connectivity index (χ4n) is 3.54. The van der Waals surface area contributed by atoms with Crippen LogP contribution in [0, 0.1) is 0 Å². The van der Waals surface area contributed by atoms with Crippen molar-refractivity contribution >= 4 is 45.9 Å². The van der Waals surface area contributed by atoms with Gasteiger partial charge in [0.2, 0.25) is 0 Å². The third kappa shape index (κ3) is 3.95. The van der Waals surface area contributed by atoms with Crippen LogP contribution < -0.4 is 22.5 Å². The molecule has 11 heteroatoms. The number of Topliss-reactive ketones (excluding diaryl/α,β-unsaturated/α-hetero) is 1. The Morgan fingerprint density at radius 2 is 1.74 bits per heavy atom. The average Bonchev–Trinajstić information content (AvgIpc) is 2.81. The molecule has 0 fully saturated rings. The lowest BCUT2D eigenvalue weighted by Gasteiger charge is -2.17. The fraction of sp³-hybridized carbons (Fsp3) is 0.174. The summed E-state index contributed by atoms with van der Waals surface area (Å²) in [6.45, 7) is 1.58. The van der Waals surface area contributed by atoms with Crippen LogP contribution in [0.5, 0.6) is 0 Å². The first kappa shape index (κ1) is 23.5. The standard InChI is InChI=1S/C23H20ClN5O4S/c1-12(18(30)17-19(25)27(2)23(33)28(3)21(17)32)34-22-26-16-10-5-4-9-15(16)20(31)29(22)14-8-6-7-13(24)11-14/h4-12H,25H2,1-3H3. The number of thioether (sulfide) groups is 1. The minimum Gasteiger partial charge on any atom is -0.384 e. The lowest BCUT2D eigenvalue weighted by atomic mass is 10.1. The van der Waals surface area contributed by atoms with E-state index in [1.54, 1.807) is 55.5 Å². The van der Waals surface area contributed by atoms with Gasteiger partial charge in [0.1, 0.15) is 11.4 Å². The van der Waals surface area contributed by atoms with E-state index >= 15 is 0 Å². The highest BCUT2D eigenvalue weighted by Crippen LogP contribution is 2.28. The Labute approximate surface area is 202 Å². The van der Waals surface area contributed by atoms with E-state index in [0.29, 0.717) is 21.6 Å². The van der Waals surface area contributed by atoms with Crippen molar-refractivity contribution in [2.45, 2.75) is 17.3 Å². The van der Waals surface area contributed by atoms with E-state index in [9.17, 15) is 19.2 Å². The number of ketones is 1. The van der Waals surface area contributed by atoms with Gasteiger partial charge in [-0.1, -0.05) is 41.6 Å².